The van der Waals surface area contributed by atoms with Crippen molar-refractivity contribution in [1.82, 2.24) is 14.8 Å². The summed E-state index contributed by atoms with van der Waals surface area (Å²) in [6, 6.07) is 12.3. The Morgan fingerprint density at radius 2 is 1.92 bits per heavy atom. The molecule has 0 atom stereocenters. The Hall–Kier alpha value is -2.66. The zero-order valence-corrected chi connectivity index (χ0v) is 14.4. The van der Waals surface area contributed by atoms with Crippen LogP contribution in [0, 0.1) is 0 Å². The SMILES string of the molecule is C=CCNc1cncc(C(=O)N2CCN(Cc3ccccc3)CC2)c1. The monoisotopic (exact) mass is 336 g/mol. The summed E-state index contributed by atoms with van der Waals surface area (Å²) in [5.41, 5.74) is 2.78. The number of aromatic nitrogens is 1. The molecule has 1 saturated heterocycles. The maximum Gasteiger partial charge on any atom is 0.255 e. The number of benzene rings is 1. The number of nitrogens with one attached hydrogen (secondary N) is 1. The summed E-state index contributed by atoms with van der Waals surface area (Å²) < 4.78 is 0. The number of hydrogen-bond acceptors (Lipinski definition) is 4. The molecule has 1 N–H and O–H groups in total. The van der Waals surface area contributed by atoms with Gasteiger partial charge in [0.05, 0.1) is 11.3 Å². The first-order chi connectivity index (χ1) is 12.3. The van der Waals surface area contributed by atoms with E-state index in [1.165, 1.54) is 5.56 Å². The van der Waals surface area contributed by atoms with Crippen LogP contribution in [-0.2, 0) is 6.54 Å². The number of carbonyl (C=O) groups excluding carboxylic acids is 1. The standard InChI is InChI=1S/C20H24N4O/c1-2-8-22-19-13-18(14-21-15-19)20(25)24-11-9-23(10-12-24)16-17-6-4-3-5-7-17/h2-7,13-15,22H,1,8-12,16H2. The lowest BCUT2D eigenvalue weighted by molar-refractivity contribution is 0.0628. The molecule has 130 valence electrons. The predicted octanol–water partition coefficient (Wildman–Crippen LogP) is 2.64. The minimum absolute atomic E-state index is 0.0501. The summed E-state index contributed by atoms with van der Waals surface area (Å²) in [5.74, 6) is 0.0501. The van der Waals surface area contributed by atoms with Gasteiger partial charge in [-0.15, -0.1) is 6.58 Å². The Morgan fingerprint density at radius 1 is 1.16 bits per heavy atom. The molecule has 1 aromatic heterocycles. The smallest absolute Gasteiger partial charge is 0.255 e. The maximum absolute atomic E-state index is 12.7. The summed E-state index contributed by atoms with van der Waals surface area (Å²) in [6.45, 7) is 8.54. The number of hydrogen-bond donors (Lipinski definition) is 1. The molecule has 0 unspecified atom stereocenters. The average Bonchev–Trinajstić information content (AvgIpc) is 2.67. The van der Waals surface area contributed by atoms with Crippen LogP contribution in [0.5, 0.6) is 0 Å². The van der Waals surface area contributed by atoms with Gasteiger partial charge in [0.25, 0.3) is 5.91 Å². The van der Waals surface area contributed by atoms with E-state index in [2.05, 4.69) is 46.0 Å². The van der Waals surface area contributed by atoms with Crippen LogP contribution in [-0.4, -0.2) is 53.4 Å². The third-order valence-electron chi connectivity index (χ3n) is 4.34. The Morgan fingerprint density at radius 3 is 2.64 bits per heavy atom. The van der Waals surface area contributed by atoms with Crippen LogP contribution in [0.15, 0.2) is 61.4 Å². The molecular weight excluding hydrogens is 312 g/mol. The number of piperazine rings is 1. The van der Waals surface area contributed by atoms with Gasteiger partial charge >= 0.3 is 0 Å². The maximum atomic E-state index is 12.7. The van der Waals surface area contributed by atoms with Crippen molar-refractivity contribution in [2.24, 2.45) is 0 Å². The van der Waals surface area contributed by atoms with Gasteiger partial charge in [-0.05, 0) is 11.6 Å². The average molecular weight is 336 g/mol. The van der Waals surface area contributed by atoms with Crippen LogP contribution in [0.2, 0.25) is 0 Å². The molecule has 2 heterocycles. The van der Waals surface area contributed by atoms with E-state index in [1.807, 2.05) is 17.0 Å². The first-order valence-corrected chi connectivity index (χ1v) is 8.61. The molecule has 0 saturated carbocycles. The highest BCUT2D eigenvalue weighted by atomic mass is 16.2. The molecule has 1 fully saturated rings. The molecule has 5 heteroatoms. The molecule has 1 aromatic carbocycles. The molecule has 1 amide bonds. The molecule has 2 aromatic rings. The van der Waals surface area contributed by atoms with Crippen molar-refractivity contribution in [3.05, 3.63) is 72.6 Å². The summed E-state index contributed by atoms with van der Waals surface area (Å²) in [7, 11) is 0. The van der Waals surface area contributed by atoms with E-state index in [1.54, 1.807) is 18.5 Å². The lowest BCUT2D eigenvalue weighted by atomic mass is 10.2. The topological polar surface area (TPSA) is 48.5 Å². The molecule has 0 spiro atoms. The van der Waals surface area contributed by atoms with Gasteiger partial charge in [0.1, 0.15) is 0 Å². The second kappa shape index (κ2) is 8.44. The Labute approximate surface area is 149 Å². The zero-order valence-electron chi connectivity index (χ0n) is 14.4. The molecule has 5 nitrogen and oxygen atoms in total. The Kier molecular flexibility index (Phi) is 5.80. The van der Waals surface area contributed by atoms with Crippen molar-refractivity contribution in [2.75, 3.05) is 38.0 Å². The summed E-state index contributed by atoms with van der Waals surface area (Å²) in [4.78, 5) is 21.2. The van der Waals surface area contributed by atoms with Crippen LogP contribution in [0.3, 0.4) is 0 Å². The van der Waals surface area contributed by atoms with Gasteiger partial charge in [0.15, 0.2) is 0 Å². The molecule has 3 rings (SSSR count). The third-order valence-corrected chi connectivity index (χ3v) is 4.34. The van der Waals surface area contributed by atoms with Gasteiger partial charge < -0.3 is 10.2 Å². The highest BCUT2D eigenvalue weighted by molar-refractivity contribution is 5.94. The Balaban J connectivity index is 1.55. The van der Waals surface area contributed by atoms with E-state index in [9.17, 15) is 4.79 Å². The number of nitrogens with zero attached hydrogens (tertiary/aromatic N) is 3. The van der Waals surface area contributed by atoms with Crippen molar-refractivity contribution >= 4 is 11.6 Å². The van der Waals surface area contributed by atoms with Crippen molar-refractivity contribution in [1.29, 1.82) is 0 Å². The fraction of sp³-hybridized carbons (Fsp3) is 0.300. The van der Waals surface area contributed by atoms with Crippen molar-refractivity contribution < 1.29 is 4.79 Å². The lowest BCUT2D eigenvalue weighted by Gasteiger charge is -2.34. The highest BCUT2D eigenvalue weighted by Gasteiger charge is 2.22. The Bertz CT molecular complexity index is 709. The number of amides is 1. The summed E-state index contributed by atoms with van der Waals surface area (Å²) in [5, 5.41) is 3.17. The third kappa shape index (κ3) is 4.67. The molecule has 0 aliphatic carbocycles. The van der Waals surface area contributed by atoms with Gasteiger partial charge in [0.2, 0.25) is 0 Å². The summed E-state index contributed by atoms with van der Waals surface area (Å²) >= 11 is 0. The van der Waals surface area contributed by atoms with E-state index in [0.29, 0.717) is 12.1 Å². The molecular formula is C20H24N4O. The molecule has 1 aliphatic heterocycles. The lowest BCUT2D eigenvalue weighted by Crippen LogP contribution is -2.48. The number of carbonyl (C=O) groups is 1. The predicted molar refractivity (Wildman–Crippen MR) is 101 cm³/mol. The van der Waals surface area contributed by atoms with E-state index in [4.69, 9.17) is 0 Å². The number of anilines is 1. The van der Waals surface area contributed by atoms with Crippen molar-refractivity contribution in [3.8, 4) is 0 Å². The number of rotatable bonds is 6. The number of pyridine rings is 1. The molecule has 0 bridgehead atoms. The zero-order chi connectivity index (χ0) is 17.5. The normalized spacial score (nSPS) is 15.0. The van der Waals surface area contributed by atoms with Gasteiger partial charge in [-0.3, -0.25) is 14.7 Å². The fourth-order valence-corrected chi connectivity index (χ4v) is 2.98. The van der Waals surface area contributed by atoms with E-state index >= 15 is 0 Å². The van der Waals surface area contributed by atoms with E-state index < -0.39 is 0 Å². The highest BCUT2D eigenvalue weighted by Crippen LogP contribution is 2.14. The first-order valence-electron chi connectivity index (χ1n) is 8.61. The molecule has 1 aliphatic rings. The van der Waals surface area contributed by atoms with E-state index in [-0.39, 0.29) is 5.91 Å². The largest absolute Gasteiger partial charge is 0.380 e. The van der Waals surface area contributed by atoms with Crippen molar-refractivity contribution in [2.45, 2.75) is 6.54 Å². The van der Waals surface area contributed by atoms with Crippen LogP contribution < -0.4 is 5.32 Å². The second-order valence-electron chi connectivity index (χ2n) is 6.19. The fourth-order valence-electron chi connectivity index (χ4n) is 2.98. The van der Waals surface area contributed by atoms with Crippen LogP contribution in [0.1, 0.15) is 15.9 Å². The van der Waals surface area contributed by atoms with Crippen LogP contribution in [0.4, 0.5) is 5.69 Å². The van der Waals surface area contributed by atoms with E-state index in [0.717, 1.165) is 38.4 Å². The molecule has 0 radical (unpaired) electrons. The minimum Gasteiger partial charge on any atom is -0.380 e. The quantitative estimate of drug-likeness (QED) is 0.824. The van der Waals surface area contributed by atoms with Crippen LogP contribution >= 0.6 is 0 Å². The van der Waals surface area contributed by atoms with Crippen molar-refractivity contribution in [3.63, 3.8) is 0 Å². The van der Waals surface area contributed by atoms with Gasteiger partial charge in [-0.25, -0.2) is 0 Å². The summed E-state index contributed by atoms with van der Waals surface area (Å²) in [6.07, 6.45) is 5.14. The first kappa shape index (κ1) is 17.2. The van der Waals surface area contributed by atoms with Gasteiger partial charge in [-0.1, -0.05) is 36.4 Å². The van der Waals surface area contributed by atoms with Gasteiger partial charge in [0, 0.05) is 51.7 Å². The molecule has 25 heavy (non-hydrogen) atoms. The minimum atomic E-state index is 0.0501. The second-order valence-corrected chi connectivity index (χ2v) is 6.19. The van der Waals surface area contributed by atoms with Gasteiger partial charge in [-0.2, -0.15) is 0 Å². The van der Waals surface area contributed by atoms with Crippen LogP contribution in [0.25, 0.3) is 0 Å².